The lowest BCUT2D eigenvalue weighted by Gasteiger charge is -2.28. The molecule has 0 unspecified atom stereocenters. The van der Waals surface area contributed by atoms with Crippen molar-refractivity contribution in [3.63, 3.8) is 0 Å². The van der Waals surface area contributed by atoms with E-state index in [4.69, 9.17) is 4.74 Å². The van der Waals surface area contributed by atoms with E-state index < -0.39 is 6.10 Å². The van der Waals surface area contributed by atoms with E-state index in [0.29, 0.717) is 19.2 Å². The standard InChI is InChI=1S/C16H25NO2/c1-12-6-4-7-15(13(12)2)16-8-5-9-17(16)10-14(18)11-19-3/h4,6-7,14,16,18H,5,8-11H2,1-3H3/t14-,16+/m0/s1. The van der Waals surface area contributed by atoms with Gasteiger partial charge in [0, 0.05) is 19.7 Å². The van der Waals surface area contributed by atoms with E-state index in [1.165, 1.54) is 29.5 Å². The fourth-order valence-corrected chi connectivity index (χ4v) is 3.05. The number of aliphatic hydroxyl groups excluding tert-OH is 1. The van der Waals surface area contributed by atoms with Gasteiger partial charge in [0.1, 0.15) is 0 Å². The summed E-state index contributed by atoms with van der Waals surface area (Å²) in [5.74, 6) is 0. The Morgan fingerprint density at radius 2 is 2.21 bits per heavy atom. The number of nitrogens with zero attached hydrogens (tertiary/aromatic N) is 1. The molecule has 2 atom stereocenters. The minimum atomic E-state index is -0.393. The van der Waals surface area contributed by atoms with Gasteiger partial charge < -0.3 is 9.84 Å². The van der Waals surface area contributed by atoms with Crippen LogP contribution in [0.1, 0.15) is 35.6 Å². The third kappa shape index (κ3) is 3.35. The number of hydrogen-bond acceptors (Lipinski definition) is 3. The second-order valence-electron chi connectivity index (χ2n) is 5.55. The largest absolute Gasteiger partial charge is 0.389 e. The Bertz CT molecular complexity index is 419. The molecule has 0 radical (unpaired) electrons. The molecule has 19 heavy (non-hydrogen) atoms. The maximum Gasteiger partial charge on any atom is 0.0900 e. The molecule has 1 aromatic rings. The lowest BCUT2D eigenvalue weighted by atomic mass is 9.96. The van der Waals surface area contributed by atoms with Crippen LogP contribution in [0, 0.1) is 13.8 Å². The Balaban J connectivity index is 2.12. The summed E-state index contributed by atoms with van der Waals surface area (Å²) >= 11 is 0. The number of β-amino-alcohol motifs (C(OH)–C–C–N with tert-alkyl or cyclic N) is 1. The zero-order chi connectivity index (χ0) is 13.8. The number of aliphatic hydroxyl groups is 1. The molecule has 0 spiro atoms. The molecule has 1 N–H and O–H groups in total. The molecule has 2 rings (SSSR count). The minimum absolute atomic E-state index is 0.393. The van der Waals surface area contributed by atoms with Gasteiger partial charge in [-0.1, -0.05) is 18.2 Å². The van der Waals surface area contributed by atoms with Gasteiger partial charge in [0.15, 0.2) is 0 Å². The maximum atomic E-state index is 9.93. The fraction of sp³-hybridized carbons (Fsp3) is 0.625. The van der Waals surface area contributed by atoms with E-state index in [9.17, 15) is 5.11 Å². The molecule has 1 aliphatic rings. The predicted octanol–water partition coefficient (Wildman–Crippen LogP) is 2.45. The molecule has 106 valence electrons. The molecule has 1 saturated heterocycles. The fourth-order valence-electron chi connectivity index (χ4n) is 3.05. The number of hydrogen-bond donors (Lipinski definition) is 1. The van der Waals surface area contributed by atoms with Crippen LogP contribution in [0.15, 0.2) is 18.2 Å². The van der Waals surface area contributed by atoms with Crippen LogP contribution in [0.25, 0.3) is 0 Å². The molecular formula is C16H25NO2. The summed E-state index contributed by atoms with van der Waals surface area (Å²) in [5.41, 5.74) is 4.16. The molecule has 1 aromatic carbocycles. The average Bonchev–Trinajstić information content (AvgIpc) is 2.81. The van der Waals surface area contributed by atoms with Crippen molar-refractivity contribution in [1.82, 2.24) is 4.90 Å². The quantitative estimate of drug-likeness (QED) is 0.885. The van der Waals surface area contributed by atoms with E-state index in [1.54, 1.807) is 7.11 Å². The first-order chi connectivity index (χ1) is 9.13. The predicted molar refractivity (Wildman–Crippen MR) is 77.3 cm³/mol. The van der Waals surface area contributed by atoms with Crippen molar-refractivity contribution in [3.8, 4) is 0 Å². The number of rotatable bonds is 5. The topological polar surface area (TPSA) is 32.7 Å². The Kier molecular flexibility index (Phi) is 4.97. The molecule has 3 nitrogen and oxygen atoms in total. The highest BCUT2D eigenvalue weighted by atomic mass is 16.5. The molecular weight excluding hydrogens is 238 g/mol. The van der Waals surface area contributed by atoms with Gasteiger partial charge in [0.05, 0.1) is 12.7 Å². The highest BCUT2D eigenvalue weighted by molar-refractivity contribution is 5.35. The van der Waals surface area contributed by atoms with Gasteiger partial charge in [-0.3, -0.25) is 4.90 Å². The minimum Gasteiger partial charge on any atom is -0.389 e. The first-order valence-corrected chi connectivity index (χ1v) is 7.10. The molecule has 1 heterocycles. The number of aryl methyl sites for hydroxylation is 1. The van der Waals surface area contributed by atoms with Crippen molar-refractivity contribution in [2.45, 2.75) is 38.8 Å². The van der Waals surface area contributed by atoms with E-state index in [2.05, 4.69) is 36.9 Å². The summed E-state index contributed by atoms with van der Waals surface area (Å²) in [6.07, 6.45) is 2.00. The second kappa shape index (κ2) is 6.51. The van der Waals surface area contributed by atoms with Crippen LogP contribution in [-0.2, 0) is 4.74 Å². The van der Waals surface area contributed by atoms with Crippen LogP contribution in [0.4, 0.5) is 0 Å². The maximum absolute atomic E-state index is 9.93. The lowest BCUT2D eigenvalue weighted by Crippen LogP contribution is -2.34. The van der Waals surface area contributed by atoms with E-state index in [0.717, 1.165) is 6.54 Å². The average molecular weight is 263 g/mol. The molecule has 0 saturated carbocycles. The number of methoxy groups -OCH3 is 1. The van der Waals surface area contributed by atoms with Gasteiger partial charge in [0.25, 0.3) is 0 Å². The molecule has 3 heteroatoms. The van der Waals surface area contributed by atoms with Crippen molar-refractivity contribution in [2.24, 2.45) is 0 Å². The van der Waals surface area contributed by atoms with Gasteiger partial charge in [-0.25, -0.2) is 0 Å². The Morgan fingerprint density at radius 3 is 2.95 bits per heavy atom. The Hall–Kier alpha value is -0.900. The SMILES string of the molecule is COC[C@@H](O)CN1CCC[C@@H]1c1cccc(C)c1C. The van der Waals surface area contributed by atoms with Crippen LogP contribution in [0.5, 0.6) is 0 Å². The zero-order valence-corrected chi connectivity index (χ0v) is 12.2. The van der Waals surface area contributed by atoms with Crippen LogP contribution < -0.4 is 0 Å². The second-order valence-corrected chi connectivity index (χ2v) is 5.55. The summed E-state index contributed by atoms with van der Waals surface area (Å²) < 4.78 is 5.02. The molecule has 1 fully saturated rings. The van der Waals surface area contributed by atoms with Crippen LogP contribution in [0.2, 0.25) is 0 Å². The van der Waals surface area contributed by atoms with Gasteiger partial charge in [0.2, 0.25) is 0 Å². The number of benzene rings is 1. The molecule has 0 amide bonds. The van der Waals surface area contributed by atoms with Crippen molar-refractivity contribution in [3.05, 3.63) is 34.9 Å². The lowest BCUT2D eigenvalue weighted by molar-refractivity contribution is 0.0345. The Labute approximate surface area is 116 Å². The first kappa shape index (κ1) is 14.5. The van der Waals surface area contributed by atoms with Gasteiger partial charge in [-0.15, -0.1) is 0 Å². The third-order valence-corrected chi connectivity index (χ3v) is 4.17. The summed E-state index contributed by atoms with van der Waals surface area (Å²) in [5, 5.41) is 9.93. The van der Waals surface area contributed by atoms with Gasteiger partial charge in [-0.05, 0) is 49.9 Å². The zero-order valence-electron chi connectivity index (χ0n) is 12.2. The molecule has 0 aromatic heterocycles. The van der Waals surface area contributed by atoms with Crippen molar-refractivity contribution < 1.29 is 9.84 Å². The highest BCUT2D eigenvalue weighted by Crippen LogP contribution is 2.34. The summed E-state index contributed by atoms with van der Waals surface area (Å²) in [6.45, 7) is 6.55. The van der Waals surface area contributed by atoms with Crippen molar-refractivity contribution in [2.75, 3.05) is 26.8 Å². The summed E-state index contributed by atoms with van der Waals surface area (Å²) in [4.78, 5) is 2.39. The molecule has 1 aliphatic heterocycles. The molecule has 0 bridgehead atoms. The smallest absolute Gasteiger partial charge is 0.0900 e. The third-order valence-electron chi connectivity index (χ3n) is 4.17. The normalized spacial score (nSPS) is 21.8. The van der Waals surface area contributed by atoms with E-state index in [-0.39, 0.29) is 0 Å². The van der Waals surface area contributed by atoms with Crippen LogP contribution >= 0.6 is 0 Å². The highest BCUT2D eigenvalue weighted by Gasteiger charge is 2.28. The van der Waals surface area contributed by atoms with Crippen molar-refractivity contribution >= 4 is 0 Å². The van der Waals surface area contributed by atoms with Crippen molar-refractivity contribution in [1.29, 1.82) is 0 Å². The monoisotopic (exact) mass is 263 g/mol. The van der Waals surface area contributed by atoms with Gasteiger partial charge >= 0.3 is 0 Å². The summed E-state index contributed by atoms with van der Waals surface area (Å²) in [7, 11) is 1.63. The van der Waals surface area contributed by atoms with Gasteiger partial charge in [-0.2, -0.15) is 0 Å². The first-order valence-electron chi connectivity index (χ1n) is 7.10. The number of ether oxygens (including phenoxy) is 1. The van der Waals surface area contributed by atoms with E-state index >= 15 is 0 Å². The molecule has 0 aliphatic carbocycles. The summed E-state index contributed by atoms with van der Waals surface area (Å²) in [6, 6.07) is 6.98. The Morgan fingerprint density at radius 1 is 1.42 bits per heavy atom. The van der Waals surface area contributed by atoms with Crippen LogP contribution in [0.3, 0.4) is 0 Å². The van der Waals surface area contributed by atoms with Crippen LogP contribution in [-0.4, -0.2) is 42.9 Å². The van der Waals surface area contributed by atoms with E-state index in [1.807, 2.05) is 0 Å². The number of likely N-dealkylation sites (tertiary alicyclic amines) is 1.